The summed E-state index contributed by atoms with van der Waals surface area (Å²) in [6.07, 6.45) is 1.81. The van der Waals surface area contributed by atoms with Gasteiger partial charge in [0.15, 0.2) is 4.80 Å². The minimum atomic E-state index is -0.676. The highest BCUT2D eigenvalue weighted by molar-refractivity contribution is 7.07. The molecule has 1 aromatic heterocycles. The second-order valence-electron chi connectivity index (χ2n) is 8.33. The van der Waals surface area contributed by atoms with Crippen LogP contribution in [0.15, 0.2) is 99.9 Å². The molecule has 0 saturated carbocycles. The third-order valence-electron chi connectivity index (χ3n) is 5.99. The Morgan fingerprint density at radius 2 is 1.68 bits per heavy atom. The lowest BCUT2D eigenvalue weighted by atomic mass is 9.96. The molecule has 0 bridgehead atoms. The Morgan fingerprint density at radius 3 is 2.38 bits per heavy atom. The maximum Gasteiger partial charge on any atom is 0.338 e. The van der Waals surface area contributed by atoms with Gasteiger partial charge in [0.25, 0.3) is 5.56 Å². The Hall–Kier alpha value is -4.43. The van der Waals surface area contributed by atoms with Crippen molar-refractivity contribution in [2.75, 3.05) is 14.2 Å². The lowest BCUT2D eigenvalue weighted by Gasteiger charge is -2.24. The molecule has 7 nitrogen and oxygen atoms in total. The number of hydrogen-bond donors (Lipinski definition) is 0. The average molecular weight is 513 g/mol. The van der Waals surface area contributed by atoms with Crippen LogP contribution in [0, 0.1) is 0 Å². The highest BCUT2D eigenvalue weighted by Gasteiger charge is 2.33. The molecule has 1 aliphatic rings. The first-order chi connectivity index (χ1) is 18.0. The van der Waals surface area contributed by atoms with Crippen molar-refractivity contribution in [2.24, 2.45) is 4.99 Å². The zero-order valence-electron chi connectivity index (χ0n) is 20.5. The number of fused-ring (bicyclic) bond motifs is 1. The van der Waals surface area contributed by atoms with Crippen molar-refractivity contribution >= 4 is 23.4 Å². The van der Waals surface area contributed by atoms with Gasteiger partial charge in [0.2, 0.25) is 0 Å². The third kappa shape index (κ3) is 4.83. The molecule has 0 fully saturated rings. The summed E-state index contributed by atoms with van der Waals surface area (Å²) >= 11 is 1.27. The molecular weight excluding hydrogens is 488 g/mol. The second kappa shape index (κ2) is 10.3. The zero-order chi connectivity index (χ0) is 25.9. The predicted molar refractivity (Wildman–Crippen MR) is 142 cm³/mol. The van der Waals surface area contributed by atoms with Crippen molar-refractivity contribution in [3.05, 3.63) is 121 Å². The van der Waals surface area contributed by atoms with E-state index in [1.807, 2.05) is 72.8 Å². The van der Waals surface area contributed by atoms with Gasteiger partial charge in [-0.25, -0.2) is 9.79 Å². The summed E-state index contributed by atoms with van der Waals surface area (Å²) in [5.41, 5.74) is 2.15. The molecule has 0 spiro atoms. The summed E-state index contributed by atoms with van der Waals surface area (Å²) < 4.78 is 18.3. The van der Waals surface area contributed by atoms with Crippen LogP contribution < -0.4 is 24.4 Å². The van der Waals surface area contributed by atoms with Crippen LogP contribution in [0.1, 0.15) is 24.1 Å². The molecule has 0 saturated heterocycles. The number of carbonyl (C=O) groups excluding carboxylic acids is 1. The number of benzene rings is 3. The summed E-state index contributed by atoms with van der Waals surface area (Å²) in [5.74, 6) is 1.54. The molecule has 0 amide bonds. The molecular formula is C29H24N2O5S. The largest absolute Gasteiger partial charge is 0.497 e. The number of nitrogens with zero attached hydrogens (tertiary/aromatic N) is 2. The highest BCUT2D eigenvalue weighted by atomic mass is 32.1. The van der Waals surface area contributed by atoms with E-state index >= 15 is 0 Å². The van der Waals surface area contributed by atoms with E-state index in [0.29, 0.717) is 32.1 Å². The third-order valence-corrected chi connectivity index (χ3v) is 6.98. The van der Waals surface area contributed by atoms with E-state index in [0.717, 1.165) is 16.9 Å². The molecule has 3 aromatic carbocycles. The van der Waals surface area contributed by atoms with Crippen LogP contribution in [0.2, 0.25) is 0 Å². The number of hydrogen-bond acceptors (Lipinski definition) is 7. The molecule has 4 aromatic rings. The zero-order valence-corrected chi connectivity index (χ0v) is 21.3. The topological polar surface area (TPSA) is 79.1 Å². The van der Waals surface area contributed by atoms with Crippen LogP contribution in [0.3, 0.4) is 0 Å². The van der Waals surface area contributed by atoms with E-state index in [1.165, 1.54) is 18.4 Å². The number of esters is 1. The van der Waals surface area contributed by atoms with Crippen LogP contribution in [0.4, 0.5) is 0 Å². The fourth-order valence-electron chi connectivity index (χ4n) is 4.24. The van der Waals surface area contributed by atoms with Crippen molar-refractivity contribution < 1.29 is 19.0 Å². The van der Waals surface area contributed by atoms with Gasteiger partial charge in [-0.1, -0.05) is 53.8 Å². The van der Waals surface area contributed by atoms with Gasteiger partial charge in [-0.05, 0) is 60.5 Å². The molecule has 0 unspecified atom stereocenters. The monoisotopic (exact) mass is 512 g/mol. The number of carbonyl (C=O) groups is 1. The summed E-state index contributed by atoms with van der Waals surface area (Å²) in [6, 6.07) is 23.6. The van der Waals surface area contributed by atoms with Gasteiger partial charge in [0, 0.05) is 0 Å². The number of rotatable bonds is 6. The number of para-hydroxylation sites is 1. The predicted octanol–water partition coefficient (Wildman–Crippen LogP) is 4.21. The number of ether oxygens (including phenoxy) is 3. The summed E-state index contributed by atoms with van der Waals surface area (Å²) in [6.45, 7) is 1.75. The highest BCUT2D eigenvalue weighted by Crippen LogP contribution is 2.31. The van der Waals surface area contributed by atoms with E-state index in [2.05, 4.69) is 4.99 Å². The Kier molecular flexibility index (Phi) is 6.74. The second-order valence-corrected chi connectivity index (χ2v) is 9.34. The van der Waals surface area contributed by atoms with Crippen molar-refractivity contribution in [1.29, 1.82) is 0 Å². The Labute approximate surface area is 217 Å². The van der Waals surface area contributed by atoms with Crippen LogP contribution in [-0.4, -0.2) is 24.8 Å². The van der Waals surface area contributed by atoms with Gasteiger partial charge in [-0.2, -0.15) is 0 Å². The van der Waals surface area contributed by atoms with Crippen LogP contribution in [0.25, 0.3) is 6.08 Å². The Bertz CT molecular complexity index is 1670. The maximum absolute atomic E-state index is 13.7. The molecule has 2 heterocycles. The number of allylic oxidation sites excluding steroid dienone is 1. The van der Waals surface area contributed by atoms with Crippen molar-refractivity contribution in [2.45, 2.75) is 13.0 Å². The smallest absolute Gasteiger partial charge is 0.338 e. The fourth-order valence-corrected chi connectivity index (χ4v) is 5.28. The van der Waals surface area contributed by atoms with Gasteiger partial charge in [0.1, 0.15) is 17.2 Å². The Morgan fingerprint density at radius 1 is 0.946 bits per heavy atom. The van der Waals surface area contributed by atoms with Crippen molar-refractivity contribution in [3.8, 4) is 17.2 Å². The lowest BCUT2D eigenvalue weighted by molar-refractivity contribution is -0.136. The van der Waals surface area contributed by atoms with Gasteiger partial charge in [-0.3, -0.25) is 9.36 Å². The normalized spacial score (nSPS) is 15.1. The first kappa shape index (κ1) is 24.3. The molecule has 5 rings (SSSR count). The molecule has 0 radical (unpaired) electrons. The number of thiazole rings is 1. The molecule has 0 N–H and O–H groups in total. The van der Waals surface area contributed by atoms with Crippen molar-refractivity contribution in [3.63, 3.8) is 0 Å². The SMILES string of the molecule is COC(=O)C1=C(C)N=c2s/c(=C\c3cccc(Oc4ccccc4)c3)c(=O)n2[C@H]1c1ccc(OC)cc1. The van der Waals surface area contributed by atoms with E-state index in [1.54, 1.807) is 30.7 Å². The quantitative estimate of drug-likeness (QED) is 0.362. The van der Waals surface area contributed by atoms with Crippen LogP contribution in [0.5, 0.6) is 17.2 Å². The number of methoxy groups -OCH3 is 2. The van der Waals surface area contributed by atoms with Gasteiger partial charge in [0.05, 0.1) is 36.1 Å². The molecule has 8 heteroatoms. The lowest BCUT2D eigenvalue weighted by Crippen LogP contribution is -2.39. The van der Waals surface area contributed by atoms with E-state index in [9.17, 15) is 9.59 Å². The van der Waals surface area contributed by atoms with E-state index < -0.39 is 12.0 Å². The minimum Gasteiger partial charge on any atom is -0.497 e. The summed E-state index contributed by atoms with van der Waals surface area (Å²) in [7, 11) is 2.91. The van der Waals surface area contributed by atoms with Gasteiger partial charge in [-0.15, -0.1) is 0 Å². The number of aromatic nitrogens is 1. The average Bonchev–Trinajstić information content (AvgIpc) is 3.22. The maximum atomic E-state index is 13.7. The van der Waals surface area contributed by atoms with Crippen molar-refractivity contribution in [1.82, 2.24) is 4.57 Å². The molecule has 1 aliphatic heterocycles. The van der Waals surface area contributed by atoms with E-state index in [4.69, 9.17) is 14.2 Å². The first-order valence-corrected chi connectivity index (χ1v) is 12.4. The summed E-state index contributed by atoms with van der Waals surface area (Å²) in [5, 5.41) is 0. The molecule has 0 aliphatic carbocycles. The van der Waals surface area contributed by atoms with E-state index in [-0.39, 0.29) is 5.56 Å². The summed E-state index contributed by atoms with van der Waals surface area (Å²) in [4.78, 5) is 31.6. The molecule has 186 valence electrons. The van der Waals surface area contributed by atoms with Gasteiger partial charge < -0.3 is 14.2 Å². The fraction of sp³-hybridized carbons (Fsp3) is 0.138. The van der Waals surface area contributed by atoms with Crippen LogP contribution in [-0.2, 0) is 9.53 Å². The minimum absolute atomic E-state index is 0.243. The Balaban J connectivity index is 1.61. The molecule has 1 atom stereocenters. The first-order valence-electron chi connectivity index (χ1n) is 11.6. The van der Waals surface area contributed by atoms with Gasteiger partial charge >= 0.3 is 5.97 Å². The molecule has 37 heavy (non-hydrogen) atoms. The van der Waals surface area contributed by atoms with Crippen LogP contribution >= 0.6 is 11.3 Å². The standard InChI is InChI=1S/C29H24N2O5S/c1-18-25(28(33)35-3)26(20-12-14-21(34-2)15-13-20)31-27(32)24(37-29(31)30-18)17-19-8-7-11-23(16-19)36-22-9-5-4-6-10-22/h4-17,26H,1-3H3/b24-17-/t26-/m0/s1.